The summed E-state index contributed by atoms with van der Waals surface area (Å²) >= 11 is 3.33. The monoisotopic (exact) mass is 375 g/mol. The summed E-state index contributed by atoms with van der Waals surface area (Å²) in [4.78, 5) is 29.3. The summed E-state index contributed by atoms with van der Waals surface area (Å²) in [5, 5.41) is 3.05. The smallest absolute Gasteiger partial charge is 0.270 e. The summed E-state index contributed by atoms with van der Waals surface area (Å²) in [7, 11) is 0. The van der Waals surface area contributed by atoms with Gasteiger partial charge in [0.2, 0.25) is 0 Å². The highest BCUT2D eigenvalue weighted by atomic mass is 79.9. The molecule has 23 heavy (non-hydrogen) atoms. The fraction of sp³-hybridized carbons (Fsp3) is 0.294. The molecule has 3 rings (SSSR count). The number of carbonyl (C=O) groups excluding carboxylic acids is 2. The Morgan fingerprint density at radius 2 is 1.87 bits per heavy atom. The maximum absolute atomic E-state index is 12.3. The topological polar surface area (TPSA) is 65.2 Å². The molecule has 5 nitrogen and oxygen atoms in total. The maximum Gasteiger partial charge on any atom is 0.270 e. The highest BCUT2D eigenvalue weighted by Crippen LogP contribution is 2.16. The molecule has 1 aliphatic rings. The lowest BCUT2D eigenvalue weighted by Gasteiger charge is -2.32. The Balaban J connectivity index is 1.52. The van der Waals surface area contributed by atoms with E-state index >= 15 is 0 Å². The second-order valence-corrected chi connectivity index (χ2v) is 6.55. The van der Waals surface area contributed by atoms with Gasteiger partial charge in [0.15, 0.2) is 0 Å². The van der Waals surface area contributed by atoms with Gasteiger partial charge < -0.3 is 15.2 Å². The van der Waals surface area contributed by atoms with Crippen molar-refractivity contribution >= 4 is 27.7 Å². The molecule has 1 aromatic heterocycles. The van der Waals surface area contributed by atoms with E-state index in [1.807, 2.05) is 23.1 Å². The Morgan fingerprint density at radius 1 is 1.17 bits per heavy atom. The van der Waals surface area contributed by atoms with E-state index in [2.05, 4.69) is 26.2 Å². The Bertz CT molecular complexity index is 691. The van der Waals surface area contributed by atoms with E-state index in [0.717, 1.165) is 17.3 Å². The molecule has 0 aliphatic carbocycles. The first-order chi connectivity index (χ1) is 11.1. The summed E-state index contributed by atoms with van der Waals surface area (Å²) in [6, 6.07) is 11.1. The van der Waals surface area contributed by atoms with Crippen molar-refractivity contribution in [3.63, 3.8) is 0 Å². The zero-order chi connectivity index (χ0) is 16.2. The minimum Gasteiger partial charge on any atom is -0.356 e. The van der Waals surface area contributed by atoms with E-state index < -0.39 is 0 Å². The van der Waals surface area contributed by atoms with Crippen LogP contribution in [-0.2, 0) is 0 Å². The molecule has 0 bridgehead atoms. The minimum atomic E-state index is -0.0522. The fourth-order valence-electron chi connectivity index (χ4n) is 2.75. The van der Waals surface area contributed by atoms with Crippen LogP contribution in [0.1, 0.15) is 33.7 Å². The summed E-state index contributed by atoms with van der Waals surface area (Å²) in [6.45, 7) is 1.30. The zero-order valence-corrected chi connectivity index (χ0v) is 14.2. The third-order valence-corrected chi connectivity index (χ3v) is 4.49. The number of nitrogens with zero attached hydrogens (tertiary/aromatic N) is 1. The number of aromatic nitrogens is 1. The van der Waals surface area contributed by atoms with Crippen molar-refractivity contribution < 1.29 is 9.59 Å². The molecule has 0 unspecified atom stereocenters. The molecule has 1 aromatic carbocycles. The van der Waals surface area contributed by atoms with Gasteiger partial charge in [-0.15, -0.1) is 0 Å². The number of H-pyrrole nitrogens is 1. The van der Waals surface area contributed by atoms with Gasteiger partial charge in [-0.1, -0.05) is 18.2 Å². The van der Waals surface area contributed by atoms with Crippen molar-refractivity contribution in [1.29, 1.82) is 0 Å². The highest BCUT2D eigenvalue weighted by molar-refractivity contribution is 9.10. The number of hydrogen-bond acceptors (Lipinski definition) is 2. The first-order valence-corrected chi connectivity index (χ1v) is 8.42. The second kappa shape index (κ2) is 7.00. The number of halogens is 1. The van der Waals surface area contributed by atoms with Crippen LogP contribution in [0.25, 0.3) is 0 Å². The number of nitrogens with one attached hydrogen (secondary N) is 2. The number of rotatable bonds is 3. The van der Waals surface area contributed by atoms with E-state index in [-0.39, 0.29) is 17.9 Å². The van der Waals surface area contributed by atoms with Gasteiger partial charge in [0, 0.05) is 35.4 Å². The SMILES string of the molecule is O=C(NC1CCN(C(=O)c2cc(Br)c[nH]2)CC1)c1ccccc1. The molecule has 1 aliphatic heterocycles. The highest BCUT2D eigenvalue weighted by Gasteiger charge is 2.25. The van der Waals surface area contributed by atoms with E-state index in [0.29, 0.717) is 24.3 Å². The lowest BCUT2D eigenvalue weighted by molar-refractivity contribution is 0.0693. The van der Waals surface area contributed by atoms with E-state index in [1.54, 1.807) is 24.4 Å². The van der Waals surface area contributed by atoms with Crippen molar-refractivity contribution in [1.82, 2.24) is 15.2 Å². The molecule has 2 amide bonds. The van der Waals surface area contributed by atoms with Gasteiger partial charge in [-0.05, 0) is 47.0 Å². The number of benzene rings is 1. The van der Waals surface area contributed by atoms with Crippen LogP contribution in [0.3, 0.4) is 0 Å². The fourth-order valence-corrected chi connectivity index (χ4v) is 3.09. The molecule has 6 heteroatoms. The Kier molecular flexibility index (Phi) is 4.81. The molecule has 0 saturated carbocycles. The van der Waals surface area contributed by atoms with E-state index in [4.69, 9.17) is 0 Å². The third-order valence-electron chi connectivity index (χ3n) is 4.03. The van der Waals surface area contributed by atoms with Crippen molar-refractivity contribution in [2.45, 2.75) is 18.9 Å². The Hall–Kier alpha value is -2.08. The van der Waals surface area contributed by atoms with Crippen LogP contribution in [0, 0.1) is 0 Å². The van der Waals surface area contributed by atoms with E-state index in [9.17, 15) is 9.59 Å². The number of carbonyl (C=O) groups is 2. The van der Waals surface area contributed by atoms with Gasteiger partial charge in [0.1, 0.15) is 5.69 Å². The molecule has 1 fully saturated rings. The zero-order valence-electron chi connectivity index (χ0n) is 12.6. The Morgan fingerprint density at radius 3 is 2.48 bits per heavy atom. The van der Waals surface area contributed by atoms with Crippen molar-refractivity contribution in [2.24, 2.45) is 0 Å². The van der Waals surface area contributed by atoms with Crippen LogP contribution in [0.5, 0.6) is 0 Å². The first kappa shape index (κ1) is 15.8. The van der Waals surface area contributed by atoms with Crippen LogP contribution in [0.2, 0.25) is 0 Å². The molecule has 2 N–H and O–H groups in total. The van der Waals surface area contributed by atoms with Crippen molar-refractivity contribution in [3.8, 4) is 0 Å². The summed E-state index contributed by atoms with van der Waals surface area (Å²) < 4.78 is 0.867. The number of amides is 2. The molecule has 0 spiro atoms. The largest absolute Gasteiger partial charge is 0.356 e. The number of piperidine rings is 1. The van der Waals surface area contributed by atoms with Crippen LogP contribution in [-0.4, -0.2) is 40.8 Å². The van der Waals surface area contributed by atoms with Gasteiger partial charge in [0.05, 0.1) is 0 Å². The summed E-state index contributed by atoms with van der Waals surface area (Å²) in [5.41, 5.74) is 1.26. The number of hydrogen-bond donors (Lipinski definition) is 2. The lowest BCUT2D eigenvalue weighted by atomic mass is 10.0. The lowest BCUT2D eigenvalue weighted by Crippen LogP contribution is -2.46. The van der Waals surface area contributed by atoms with Crippen LogP contribution in [0.15, 0.2) is 47.1 Å². The van der Waals surface area contributed by atoms with Crippen molar-refractivity contribution in [2.75, 3.05) is 13.1 Å². The minimum absolute atomic E-state index is 0.00327. The van der Waals surface area contributed by atoms with Gasteiger partial charge in [-0.3, -0.25) is 9.59 Å². The van der Waals surface area contributed by atoms with Gasteiger partial charge in [0.25, 0.3) is 11.8 Å². The first-order valence-electron chi connectivity index (χ1n) is 7.62. The maximum atomic E-state index is 12.3. The van der Waals surface area contributed by atoms with E-state index in [1.165, 1.54) is 0 Å². The number of aromatic amines is 1. The molecule has 0 radical (unpaired) electrons. The molecule has 120 valence electrons. The van der Waals surface area contributed by atoms with Crippen LogP contribution >= 0.6 is 15.9 Å². The summed E-state index contributed by atoms with van der Waals surface area (Å²) in [5.74, 6) is -0.0489. The Labute approximate surface area is 143 Å². The normalized spacial score (nSPS) is 15.4. The van der Waals surface area contributed by atoms with Gasteiger partial charge >= 0.3 is 0 Å². The predicted molar refractivity (Wildman–Crippen MR) is 91.3 cm³/mol. The predicted octanol–water partition coefficient (Wildman–Crippen LogP) is 2.81. The average Bonchev–Trinajstić information content (AvgIpc) is 3.02. The van der Waals surface area contributed by atoms with Crippen LogP contribution in [0.4, 0.5) is 0 Å². The van der Waals surface area contributed by atoms with Crippen molar-refractivity contribution in [3.05, 3.63) is 58.3 Å². The number of likely N-dealkylation sites (tertiary alicyclic amines) is 1. The molecule has 2 aromatic rings. The second-order valence-electron chi connectivity index (χ2n) is 5.64. The molecule has 1 saturated heterocycles. The molecular weight excluding hydrogens is 358 g/mol. The third kappa shape index (κ3) is 3.82. The average molecular weight is 376 g/mol. The molecule has 0 atom stereocenters. The molecule has 2 heterocycles. The van der Waals surface area contributed by atoms with Gasteiger partial charge in [-0.2, -0.15) is 0 Å². The summed E-state index contributed by atoms with van der Waals surface area (Å²) in [6.07, 6.45) is 3.29. The molecular formula is C17H18BrN3O2. The standard InChI is InChI=1S/C17H18BrN3O2/c18-13-10-15(19-11-13)17(23)21-8-6-14(7-9-21)20-16(22)12-4-2-1-3-5-12/h1-5,10-11,14,19H,6-9H2,(H,20,22). The van der Waals surface area contributed by atoms with Gasteiger partial charge in [-0.25, -0.2) is 0 Å². The quantitative estimate of drug-likeness (QED) is 0.865. The van der Waals surface area contributed by atoms with Crippen LogP contribution < -0.4 is 5.32 Å².